The predicted molar refractivity (Wildman–Crippen MR) is 67.3 cm³/mol. The van der Waals surface area contributed by atoms with E-state index < -0.39 is 0 Å². The fourth-order valence-electron chi connectivity index (χ4n) is 1.63. The molecule has 0 aliphatic carbocycles. The van der Waals surface area contributed by atoms with Gasteiger partial charge in [0.05, 0.1) is 17.7 Å². The summed E-state index contributed by atoms with van der Waals surface area (Å²) in [5.74, 6) is 1.68. The molecule has 2 rings (SSSR count). The Labute approximate surface area is 104 Å². The van der Waals surface area contributed by atoms with Crippen LogP contribution >= 0.6 is 11.8 Å². The summed E-state index contributed by atoms with van der Waals surface area (Å²) in [7, 11) is 0. The third-order valence-electron chi connectivity index (χ3n) is 2.56. The molecule has 1 heterocycles. The third-order valence-corrected chi connectivity index (χ3v) is 3.50. The van der Waals surface area contributed by atoms with E-state index >= 15 is 0 Å². The molecule has 0 saturated carbocycles. The molecule has 1 amide bonds. The molecule has 1 atom stereocenters. The van der Waals surface area contributed by atoms with Crippen LogP contribution in [0.1, 0.15) is 11.1 Å². The van der Waals surface area contributed by atoms with E-state index in [4.69, 9.17) is 5.26 Å². The van der Waals surface area contributed by atoms with Gasteiger partial charge < -0.3 is 5.32 Å². The summed E-state index contributed by atoms with van der Waals surface area (Å²) >= 11 is 1.72. The normalized spacial score (nSPS) is 18.6. The second kappa shape index (κ2) is 5.71. The van der Waals surface area contributed by atoms with Gasteiger partial charge in [0.15, 0.2) is 0 Å². The third kappa shape index (κ3) is 3.22. The zero-order valence-corrected chi connectivity index (χ0v) is 10.1. The molecule has 88 valence electrons. The van der Waals surface area contributed by atoms with Gasteiger partial charge in [-0.3, -0.25) is 10.1 Å². The molecule has 0 bridgehead atoms. The fraction of sp³-hybridized carbons (Fsp3) is 0.333. The number of hydrogen-bond donors (Lipinski definition) is 2. The SMILES string of the molecule is N#Cc1cccc(CNC(=O)C2CSCN2)c1. The summed E-state index contributed by atoms with van der Waals surface area (Å²) in [5.41, 5.74) is 1.56. The summed E-state index contributed by atoms with van der Waals surface area (Å²) in [6.07, 6.45) is 0. The van der Waals surface area contributed by atoms with Crippen molar-refractivity contribution in [2.75, 3.05) is 11.6 Å². The van der Waals surface area contributed by atoms with Gasteiger partial charge in [0.2, 0.25) is 5.91 Å². The Hall–Kier alpha value is -1.51. The van der Waals surface area contributed by atoms with Crippen molar-refractivity contribution in [1.82, 2.24) is 10.6 Å². The molecule has 2 N–H and O–H groups in total. The first-order chi connectivity index (χ1) is 8.29. The van der Waals surface area contributed by atoms with Crippen molar-refractivity contribution < 1.29 is 4.79 Å². The minimum Gasteiger partial charge on any atom is -0.351 e. The highest BCUT2D eigenvalue weighted by atomic mass is 32.2. The predicted octanol–water partition coefficient (Wildman–Crippen LogP) is 0.837. The van der Waals surface area contributed by atoms with Crippen LogP contribution in [-0.4, -0.2) is 23.6 Å². The largest absolute Gasteiger partial charge is 0.351 e. The summed E-state index contributed by atoms with van der Waals surface area (Å²) in [4.78, 5) is 11.7. The van der Waals surface area contributed by atoms with E-state index in [1.165, 1.54) is 0 Å². The molecule has 0 spiro atoms. The summed E-state index contributed by atoms with van der Waals surface area (Å²) < 4.78 is 0. The quantitative estimate of drug-likeness (QED) is 0.830. The van der Waals surface area contributed by atoms with Crippen molar-refractivity contribution >= 4 is 17.7 Å². The maximum atomic E-state index is 11.7. The van der Waals surface area contributed by atoms with Gasteiger partial charge in [-0.1, -0.05) is 12.1 Å². The second-order valence-electron chi connectivity index (χ2n) is 3.80. The van der Waals surface area contributed by atoms with Gasteiger partial charge in [-0.05, 0) is 17.7 Å². The zero-order valence-electron chi connectivity index (χ0n) is 9.27. The van der Waals surface area contributed by atoms with Crippen LogP contribution in [0.5, 0.6) is 0 Å². The van der Waals surface area contributed by atoms with E-state index in [-0.39, 0.29) is 11.9 Å². The number of carbonyl (C=O) groups excluding carboxylic acids is 1. The molecule has 1 aliphatic rings. The minimum absolute atomic E-state index is 0.0253. The molecule has 1 fully saturated rings. The van der Waals surface area contributed by atoms with Gasteiger partial charge in [-0.25, -0.2) is 0 Å². The number of nitriles is 1. The Balaban J connectivity index is 1.88. The first kappa shape index (κ1) is 12.0. The molecule has 0 aromatic heterocycles. The highest BCUT2D eigenvalue weighted by molar-refractivity contribution is 7.99. The maximum Gasteiger partial charge on any atom is 0.238 e. The Morgan fingerprint density at radius 2 is 2.53 bits per heavy atom. The molecule has 1 saturated heterocycles. The molecular formula is C12H13N3OS. The Morgan fingerprint density at radius 1 is 1.65 bits per heavy atom. The van der Waals surface area contributed by atoms with Crippen molar-refractivity contribution in [1.29, 1.82) is 5.26 Å². The number of amides is 1. The van der Waals surface area contributed by atoms with Crippen LogP contribution in [0.25, 0.3) is 0 Å². The van der Waals surface area contributed by atoms with Gasteiger partial charge in [-0.2, -0.15) is 5.26 Å². The lowest BCUT2D eigenvalue weighted by Crippen LogP contribution is -2.41. The van der Waals surface area contributed by atoms with Gasteiger partial charge in [0.1, 0.15) is 0 Å². The van der Waals surface area contributed by atoms with Crippen LogP contribution in [-0.2, 0) is 11.3 Å². The smallest absolute Gasteiger partial charge is 0.238 e. The van der Waals surface area contributed by atoms with E-state index in [0.717, 1.165) is 17.2 Å². The molecule has 4 nitrogen and oxygen atoms in total. The second-order valence-corrected chi connectivity index (χ2v) is 4.83. The van der Waals surface area contributed by atoms with Crippen molar-refractivity contribution in [3.8, 4) is 6.07 Å². The molecule has 1 aromatic rings. The standard InChI is InChI=1S/C12H13N3OS/c13-5-9-2-1-3-10(4-9)6-14-12(16)11-7-17-8-15-11/h1-4,11,15H,6-8H2,(H,14,16). The van der Waals surface area contributed by atoms with Crippen LogP contribution < -0.4 is 10.6 Å². The van der Waals surface area contributed by atoms with Crippen LogP contribution in [0.4, 0.5) is 0 Å². The maximum absolute atomic E-state index is 11.7. The average molecular weight is 247 g/mol. The lowest BCUT2D eigenvalue weighted by atomic mass is 10.1. The van der Waals surface area contributed by atoms with Crippen molar-refractivity contribution in [2.45, 2.75) is 12.6 Å². The van der Waals surface area contributed by atoms with E-state index in [1.807, 2.05) is 12.1 Å². The lowest BCUT2D eigenvalue weighted by molar-refractivity contribution is -0.122. The first-order valence-corrected chi connectivity index (χ1v) is 6.53. The number of rotatable bonds is 3. The molecule has 5 heteroatoms. The first-order valence-electron chi connectivity index (χ1n) is 5.37. The molecule has 1 unspecified atom stereocenters. The van der Waals surface area contributed by atoms with Gasteiger partial charge >= 0.3 is 0 Å². The molecule has 0 radical (unpaired) electrons. The molecule has 17 heavy (non-hydrogen) atoms. The monoisotopic (exact) mass is 247 g/mol. The summed E-state index contributed by atoms with van der Waals surface area (Å²) in [6, 6.07) is 9.26. The lowest BCUT2D eigenvalue weighted by Gasteiger charge is -2.10. The number of nitrogens with zero attached hydrogens (tertiary/aromatic N) is 1. The van der Waals surface area contributed by atoms with E-state index in [2.05, 4.69) is 16.7 Å². The van der Waals surface area contributed by atoms with Gasteiger partial charge in [0, 0.05) is 18.2 Å². The summed E-state index contributed by atoms with van der Waals surface area (Å²) in [6.45, 7) is 0.469. The number of benzene rings is 1. The van der Waals surface area contributed by atoms with Gasteiger partial charge in [-0.15, -0.1) is 11.8 Å². The molecule has 1 aliphatic heterocycles. The van der Waals surface area contributed by atoms with Gasteiger partial charge in [0.25, 0.3) is 0 Å². The number of nitrogens with one attached hydrogen (secondary N) is 2. The Kier molecular flexibility index (Phi) is 4.02. The highest BCUT2D eigenvalue weighted by Gasteiger charge is 2.21. The van der Waals surface area contributed by atoms with Crippen LogP contribution in [0.2, 0.25) is 0 Å². The minimum atomic E-state index is -0.0841. The topological polar surface area (TPSA) is 64.9 Å². The Morgan fingerprint density at radius 3 is 3.24 bits per heavy atom. The van der Waals surface area contributed by atoms with E-state index in [1.54, 1.807) is 23.9 Å². The molecular weight excluding hydrogens is 234 g/mol. The zero-order chi connectivity index (χ0) is 12.1. The van der Waals surface area contributed by atoms with Crippen LogP contribution in [0.15, 0.2) is 24.3 Å². The molecule has 1 aromatic carbocycles. The van der Waals surface area contributed by atoms with Crippen molar-refractivity contribution in [3.05, 3.63) is 35.4 Å². The highest BCUT2D eigenvalue weighted by Crippen LogP contribution is 2.10. The number of carbonyl (C=O) groups is 1. The number of hydrogen-bond acceptors (Lipinski definition) is 4. The summed E-state index contributed by atoms with van der Waals surface area (Å²) in [5, 5.41) is 14.7. The van der Waals surface area contributed by atoms with Crippen molar-refractivity contribution in [3.63, 3.8) is 0 Å². The Bertz CT molecular complexity index is 449. The van der Waals surface area contributed by atoms with Crippen molar-refractivity contribution in [2.24, 2.45) is 0 Å². The van der Waals surface area contributed by atoms with Crippen LogP contribution in [0.3, 0.4) is 0 Å². The van der Waals surface area contributed by atoms with E-state index in [9.17, 15) is 4.79 Å². The van der Waals surface area contributed by atoms with E-state index in [0.29, 0.717) is 12.1 Å². The fourth-order valence-corrected chi connectivity index (χ4v) is 2.57. The average Bonchev–Trinajstić information content (AvgIpc) is 2.90. The number of thioether (sulfide) groups is 1. The van der Waals surface area contributed by atoms with Crippen LogP contribution in [0, 0.1) is 11.3 Å².